The number of nitrogens with one attached hydrogen (secondary N) is 6. The highest BCUT2D eigenvalue weighted by molar-refractivity contribution is 6.26. The number of rotatable bonds is 3. The van der Waals surface area contributed by atoms with Crippen molar-refractivity contribution in [2.24, 2.45) is 0 Å². The fourth-order valence-electron chi connectivity index (χ4n) is 11.0. The zero-order chi connectivity index (χ0) is 41.2. The number of hydrogen-bond acceptors (Lipinski definition) is 1. The molecule has 7 heteroatoms. The monoisotopic (exact) mass is 806 g/mol. The maximum Gasteiger partial charge on any atom is 0.152 e. The van der Waals surface area contributed by atoms with Gasteiger partial charge in [-0.05, 0) is 126 Å². The molecule has 0 fully saturated rings. The van der Waals surface area contributed by atoms with Gasteiger partial charge in [0.25, 0.3) is 0 Å². The van der Waals surface area contributed by atoms with Gasteiger partial charge in [-0.2, -0.15) is 0 Å². The lowest BCUT2D eigenvalue weighted by Gasteiger charge is -2.05. The number of fused-ring (bicyclic) bond motifs is 18. The largest absolute Gasteiger partial charge is 0.354 e. The van der Waals surface area contributed by atoms with Gasteiger partial charge in [0.1, 0.15) is 0 Å². The molecular weight excluding hydrogens is 773 g/mol. The van der Waals surface area contributed by atoms with Crippen LogP contribution in [0.15, 0.2) is 146 Å². The topological polar surface area (TPSA) is 112 Å². The van der Waals surface area contributed by atoms with Crippen LogP contribution in [0.3, 0.4) is 0 Å². The van der Waals surface area contributed by atoms with Crippen LogP contribution < -0.4 is 0 Å². The van der Waals surface area contributed by atoms with Crippen molar-refractivity contribution in [1.29, 1.82) is 0 Å². The lowest BCUT2D eigenvalue weighted by Crippen LogP contribution is -1.85. The fourth-order valence-corrected chi connectivity index (χ4v) is 11.0. The summed E-state index contributed by atoms with van der Waals surface area (Å²) in [4.78, 5) is 35.1. The van der Waals surface area contributed by atoms with Gasteiger partial charge in [-0.25, -0.2) is 0 Å². The summed E-state index contributed by atoms with van der Waals surface area (Å²) in [6, 6.07) is 52.8. The van der Waals surface area contributed by atoms with Crippen molar-refractivity contribution in [1.82, 2.24) is 29.9 Å². The van der Waals surface area contributed by atoms with Crippen molar-refractivity contribution < 1.29 is 4.79 Å². The van der Waals surface area contributed by atoms with Crippen LogP contribution in [0.1, 0.15) is 15.9 Å². The number of aromatic nitrogens is 6. The molecule has 6 N–H and O–H groups in total. The third-order valence-electron chi connectivity index (χ3n) is 14.0. The number of aromatic amines is 6. The Bertz CT molecular complexity index is 4540. The summed E-state index contributed by atoms with van der Waals surface area (Å²) in [5.41, 5.74) is 19.2. The molecule has 0 aliphatic heterocycles. The van der Waals surface area contributed by atoms with E-state index in [4.69, 9.17) is 0 Å². The van der Waals surface area contributed by atoms with E-state index in [2.05, 4.69) is 182 Å². The molecule has 63 heavy (non-hydrogen) atoms. The zero-order valence-electron chi connectivity index (χ0n) is 33.8. The average molecular weight is 807 g/mol. The Morgan fingerprint density at radius 2 is 0.714 bits per heavy atom. The van der Waals surface area contributed by atoms with Crippen LogP contribution in [-0.2, 0) is 0 Å². The lowest BCUT2D eigenvalue weighted by molar-refractivity contribution is 0.112. The Labute approximate surface area is 356 Å². The molecule has 15 aromatic rings. The minimum Gasteiger partial charge on any atom is -0.354 e. The maximum atomic E-state index is 13.2. The summed E-state index contributed by atoms with van der Waals surface area (Å²) in [6.45, 7) is 2.13. The van der Waals surface area contributed by atoms with Crippen molar-refractivity contribution in [2.75, 3.05) is 0 Å². The summed E-state index contributed by atoms with van der Waals surface area (Å²) < 4.78 is 0. The molecule has 0 radical (unpaired) electrons. The molecule has 0 bridgehead atoms. The van der Waals surface area contributed by atoms with Crippen molar-refractivity contribution in [3.8, 4) is 22.3 Å². The highest BCUT2D eigenvalue weighted by atomic mass is 16.1. The molecule has 0 amide bonds. The van der Waals surface area contributed by atoms with E-state index in [1.54, 1.807) is 0 Å². The lowest BCUT2D eigenvalue weighted by atomic mass is 9.97. The van der Waals surface area contributed by atoms with E-state index in [1.807, 2.05) is 0 Å². The number of benzene rings is 9. The van der Waals surface area contributed by atoms with Gasteiger partial charge in [-0.3, -0.25) is 4.79 Å². The van der Waals surface area contributed by atoms with Gasteiger partial charge in [-0.1, -0.05) is 54.6 Å². The highest BCUT2D eigenvalue weighted by Gasteiger charge is 2.19. The molecule has 7 nitrogen and oxygen atoms in total. The number of aldehydes is 1. The van der Waals surface area contributed by atoms with Crippen molar-refractivity contribution in [2.45, 2.75) is 6.92 Å². The normalized spacial score (nSPS) is 12.6. The predicted molar refractivity (Wildman–Crippen MR) is 264 cm³/mol. The molecule has 294 valence electrons. The molecule has 0 aliphatic carbocycles. The molecule has 6 heterocycles. The van der Waals surface area contributed by atoms with Gasteiger partial charge in [0, 0.05) is 131 Å². The Kier molecular flexibility index (Phi) is 6.13. The maximum absolute atomic E-state index is 13.2. The van der Waals surface area contributed by atoms with Gasteiger partial charge < -0.3 is 29.9 Å². The van der Waals surface area contributed by atoms with Gasteiger partial charge >= 0.3 is 0 Å². The first kappa shape index (κ1) is 33.2. The molecular formula is C56H34N6O. The van der Waals surface area contributed by atoms with Gasteiger partial charge in [0.15, 0.2) is 6.29 Å². The quantitative estimate of drug-likeness (QED) is 0.0982. The highest BCUT2D eigenvalue weighted by Crippen LogP contribution is 2.41. The van der Waals surface area contributed by atoms with Crippen molar-refractivity contribution in [3.05, 3.63) is 157 Å². The summed E-state index contributed by atoms with van der Waals surface area (Å²) >= 11 is 0. The first-order valence-electron chi connectivity index (χ1n) is 21.4. The first-order chi connectivity index (χ1) is 31.0. The third kappa shape index (κ3) is 4.49. The van der Waals surface area contributed by atoms with E-state index >= 15 is 0 Å². The van der Waals surface area contributed by atoms with E-state index in [0.29, 0.717) is 5.56 Å². The Balaban J connectivity index is 0.847. The fraction of sp³-hybridized carbons (Fsp3) is 0.0179. The van der Waals surface area contributed by atoms with Crippen LogP contribution in [0.4, 0.5) is 0 Å². The minimum atomic E-state index is 0.664. The summed E-state index contributed by atoms with van der Waals surface area (Å²) in [5.74, 6) is 0. The van der Waals surface area contributed by atoms with Crippen LogP contribution in [0, 0.1) is 6.92 Å². The van der Waals surface area contributed by atoms with Gasteiger partial charge in [0.05, 0.1) is 5.52 Å². The Hall–Kier alpha value is -8.55. The number of aryl methyl sites for hydroxylation is 1. The number of carbonyl (C=O) groups is 1. The second-order valence-electron chi connectivity index (χ2n) is 17.5. The first-order valence-corrected chi connectivity index (χ1v) is 21.4. The van der Waals surface area contributed by atoms with E-state index in [0.717, 1.165) is 116 Å². The number of para-hydroxylation sites is 1. The van der Waals surface area contributed by atoms with Crippen LogP contribution >= 0.6 is 0 Å². The Morgan fingerprint density at radius 1 is 0.317 bits per heavy atom. The van der Waals surface area contributed by atoms with Crippen LogP contribution in [0.2, 0.25) is 0 Å². The number of hydrogen-bond donors (Lipinski definition) is 6. The third-order valence-corrected chi connectivity index (χ3v) is 14.0. The van der Waals surface area contributed by atoms with Gasteiger partial charge in [-0.15, -0.1) is 0 Å². The van der Waals surface area contributed by atoms with E-state index in [1.165, 1.54) is 48.7 Å². The molecule has 15 rings (SSSR count). The average Bonchev–Trinajstić information content (AvgIpc) is 4.16. The summed E-state index contributed by atoms with van der Waals surface area (Å²) in [7, 11) is 0. The van der Waals surface area contributed by atoms with E-state index in [-0.39, 0.29) is 0 Å². The molecule has 0 saturated heterocycles. The standard InChI is InChI=1S/C56H34N6O/c1-27-6-11-33-38-22-53-40(24-51(38)61-49(33)16-27)35-18-29(8-13-46(35)59-53)31-10-15-48-42(20-31)55-43(26-63)56-41(25-54(55)60-48)36-19-30(9-14-47(36)62-56)28-7-12-45-34(17-28)39-23-50-37(21-52(39)58-45)32-4-2-3-5-44(32)57-50/h2-26,57-62H,1H3. The smallest absolute Gasteiger partial charge is 0.152 e. The molecule has 9 aromatic carbocycles. The molecule has 6 aromatic heterocycles. The molecule has 0 saturated carbocycles. The summed E-state index contributed by atoms with van der Waals surface area (Å²) in [5, 5.41) is 13.7. The number of carbonyl (C=O) groups excluding carboxylic acids is 1. The van der Waals surface area contributed by atoms with Gasteiger partial charge in [0.2, 0.25) is 0 Å². The van der Waals surface area contributed by atoms with Crippen LogP contribution in [0.5, 0.6) is 0 Å². The molecule has 0 spiro atoms. The SMILES string of the molecule is Cc1ccc2c(c1)[nH]c1cc3c(cc12)[nH]c1ccc(-c2ccc4[nH]c5cc6c([nH]c7ccc(-c8ccc9[nH]c%10cc%11c(cc%10c9c8)[nH]c8ccccc8%11)cc76)c(C=O)c5c4c2)cc13. The molecule has 0 aliphatic rings. The van der Waals surface area contributed by atoms with Crippen molar-refractivity contribution in [3.63, 3.8) is 0 Å². The number of H-pyrrole nitrogens is 6. The van der Waals surface area contributed by atoms with Crippen LogP contribution in [-0.4, -0.2) is 36.2 Å². The molecule has 0 atom stereocenters. The minimum absolute atomic E-state index is 0.664. The molecule has 0 unspecified atom stereocenters. The predicted octanol–water partition coefficient (Wildman–Crippen LogP) is 14.9. The van der Waals surface area contributed by atoms with Crippen molar-refractivity contribution >= 4 is 137 Å². The van der Waals surface area contributed by atoms with Crippen LogP contribution in [0.25, 0.3) is 153 Å². The Morgan fingerprint density at radius 3 is 1.30 bits per heavy atom. The van der Waals surface area contributed by atoms with E-state index in [9.17, 15) is 4.79 Å². The van der Waals surface area contributed by atoms with E-state index < -0.39 is 0 Å². The zero-order valence-corrected chi connectivity index (χ0v) is 33.8. The second-order valence-corrected chi connectivity index (χ2v) is 17.5. The summed E-state index contributed by atoms with van der Waals surface area (Å²) in [6.07, 6.45) is 1.01. The second kappa shape index (κ2) is 11.6.